The van der Waals surface area contributed by atoms with Gasteiger partial charge in [0.25, 0.3) is 0 Å². The largest absolute Gasteiger partial charge is 0.497 e. The predicted molar refractivity (Wildman–Crippen MR) is 110 cm³/mol. The Hall–Kier alpha value is -2.14. The van der Waals surface area contributed by atoms with E-state index in [1.165, 1.54) is 10.5 Å². The van der Waals surface area contributed by atoms with Crippen LogP contribution in [0.4, 0.5) is 0 Å². The molecule has 0 saturated carbocycles. The molecule has 0 radical (unpaired) electrons. The summed E-state index contributed by atoms with van der Waals surface area (Å²) >= 11 is 1.71. The van der Waals surface area contributed by atoms with Crippen LogP contribution in [0.3, 0.4) is 0 Å². The van der Waals surface area contributed by atoms with Crippen molar-refractivity contribution in [2.24, 2.45) is 0 Å². The molecule has 1 heterocycles. The molecule has 0 aliphatic carbocycles. The molecule has 0 fully saturated rings. The molecule has 0 aromatic heterocycles. The summed E-state index contributed by atoms with van der Waals surface area (Å²) in [7, 11) is 1.64. The Morgan fingerprint density at radius 1 is 1.26 bits per heavy atom. The number of nitrogens with one attached hydrogen (secondary N) is 1. The van der Waals surface area contributed by atoms with Gasteiger partial charge in [-0.3, -0.25) is 4.79 Å². The molecule has 2 aromatic carbocycles. The molecule has 4 nitrogen and oxygen atoms in total. The van der Waals surface area contributed by atoms with Gasteiger partial charge in [0.2, 0.25) is 5.91 Å². The van der Waals surface area contributed by atoms with Gasteiger partial charge >= 0.3 is 0 Å². The van der Waals surface area contributed by atoms with Gasteiger partial charge in [0, 0.05) is 29.1 Å². The van der Waals surface area contributed by atoms with Crippen LogP contribution < -0.4 is 14.8 Å². The van der Waals surface area contributed by atoms with Gasteiger partial charge in [-0.25, -0.2) is 0 Å². The summed E-state index contributed by atoms with van der Waals surface area (Å²) in [4.78, 5) is 13.7. The number of carbonyl (C=O) groups excluding carboxylic acids is 1. The van der Waals surface area contributed by atoms with E-state index in [-0.39, 0.29) is 17.6 Å². The number of hydrogen-bond donors (Lipinski definition) is 1. The first-order valence-electron chi connectivity index (χ1n) is 9.22. The Morgan fingerprint density at radius 3 is 2.70 bits per heavy atom. The predicted octanol–water partition coefficient (Wildman–Crippen LogP) is 4.90. The third kappa shape index (κ3) is 5.19. The van der Waals surface area contributed by atoms with Crippen molar-refractivity contribution in [1.82, 2.24) is 5.32 Å². The van der Waals surface area contributed by atoms with Crippen molar-refractivity contribution in [3.63, 3.8) is 0 Å². The molecule has 1 aliphatic heterocycles. The molecule has 1 amide bonds. The molecule has 0 bridgehead atoms. The summed E-state index contributed by atoms with van der Waals surface area (Å²) in [6.07, 6.45) is 1.21. The molecule has 27 heavy (non-hydrogen) atoms. The molecular formula is C22H27NO3S. The summed E-state index contributed by atoms with van der Waals surface area (Å²) in [5.74, 6) is 2.40. The Labute approximate surface area is 165 Å². The van der Waals surface area contributed by atoms with Crippen LogP contribution in [-0.2, 0) is 4.79 Å². The van der Waals surface area contributed by atoms with Gasteiger partial charge < -0.3 is 14.8 Å². The van der Waals surface area contributed by atoms with E-state index in [1.54, 1.807) is 18.9 Å². The molecule has 3 rings (SSSR count). The van der Waals surface area contributed by atoms with Gasteiger partial charge in [-0.2, -0.15) is 0 Å². The zero-order chi connectivity index (χ0) is 19.4. The molecule has 5 heteroatoms. The first-order chi connectivity index (χ1) is 12.9. The summed E-state index contributed by atoms with van der Waals surface area (Å²) in [6.45, 7) is 6.17. The molecule has 1 atom stereocenters. The van der Waals surface area contributed by atoms with Crippen LogP contribution in [0.5, 0.6) is 11.5 Å². The Balaban J connectivity index is 1.62. The Kier molecular flexibility index (Phi) is 6.00. The fourth-order valence-electron chi connectivity index (χ4n) is 3.25. The topological polar surface area (TPSA) is 47.6 Å². The first kappa shape index (κ1) is 19.6. The van der Waals surface area contributed by atoms with E-state index in [2.05, 4.69) is 36.5 Å². The normalized spacial score (nSPS) is 17.6. The van der Waals surface area contributed by atoms with Crippen LogP contribution in [-0.4, -0.2) is 24.4 Å². The van der Waals surface area contributed by atoms with Gasteiger partial charge in [-0.05, 0) is 51.1 Å². The maximum absolute atomic E-state index is 12.5. The highest BCUT2D eigenvalue weighted by atomic mass is 32.2. The molecule has 0 unspecified atom stereocenters. The van der Waals surface area contributed by atoms with Crippen LogP contribution in [0.2, 0.25) is 0 Å². The third-order valence-corrected chi connectivity index (χ3v) is 5.64. The standard InChI is InChI=1S/C22H27NO3S/c1-15-5-8-17(9-6-15)27-12-11-21(24)23-19-14-22(2,3)26-20-10-7-16(25-4)13-18(19)20/h5-10,13,19H,11-12,14H2,1-4H3,(H,23,24)/t19-/m0/s1. The second kappa shape index (κ2) is 8.26. The smallest absolute Gasteiger partial charge is 0.221 e. The van der Waals surface area contributed by atoms with Gasteiger partial charge in [-0.15, -0.1) is 11.8 Å². The summed E-state index contributed by atoms with van der Waals surface area (Å²) in [6, 6.07) is 14.1. The molecule has 1 aliphatic rings. The average Bonchev–Trinajstić information content (AvgIpc) is 2.62. The number of thioether (sulfide) groups is 1. The highest BCUT2D eigenvalue weighted by molar-refractivity contribution is 7.99. The molecule has 0 saturated heterocycles. The first-order valence-corrected chi connectivity index (χ1v) is 10.2. The van der Waals surface area contributed by atoms with Crippen LogP contribution in [0.1, 0.15) is 43.9 Å². The van der Waals surface area contributed by atoms with Gasteiger partial charge in [-0.1, -0.05) is 17.7 Å². The lowest BCUT2D eigenvalue weighted by Crippen LogP contribution is -2.41. The SMILES string of the molecule is COc1ccc2c(c1)[C@@H](NC(=O)CCSc1ccc(C)cc1)CC(C)(C)O2. The van der Waals surface area contributed by atoms with E-state index >= 15 is 0 Å². The van der Waals surface area contributed by atoms with E-state index in [1.807, 2.05) is 32.0 Å². The fourth-order valence-corrected chi connectivity index (χ4v) is 4.10. The van der Waals surface area contributed by atoms with Crippen molar-refractivity contribution in [2.75, 3.05) is 12.9 Å². The number of aryl methyl sites for hydroxylation is 1. The van der Waals surface area contributed by atoms with Crippen molar-refractivity contribution in [2.45, 2.75) is 50.2 Å². The summed E-state index contributed by atoms with van der Waals surface area (Å²) in [5, 5.41) is 3.19. The molecule has 2 aromatic rings. The van der Waals surface area contributed by atoms with E-state index in [4.69, 9.17) is 9.47 Å². The summed E-state index contributed by atoms with van der Waals surface area (Å²) < 4.78 is 11.4. The Bertz CT molecular complexity index is 802. The molecular weight excluding hydrogens is 358 g/mol. The lowest BCUT2D eigenvalue weighted by Gasteiger charge is -2.38. The second-order valence-corrected chi connectivity index (χ2v) is 8.67. The number of carbonyl (C=O) groups is 1. The second-order valence-electron chi connectivity index (χ2n) is 7.50. The zero-order valence-corrected chi connectivity index (χ0v) is 17.2. The minimum Gasteiger partial charge on any atom is -0.497 e. The number of methoxy groups -OCH3 is 1. The van der Waals surface area contributed by atoms with Gasteiger partial charge in [0.05, 0.1) is 13.2 Å². The van der Waals surface area contributed by atoms with E-state index in [9.17, 15) is 4.79 Å². The highest BCUT2D eigenvalue weighted by Crippen LogP contribution is 2.41. The van der Waals surface area contributed by atoms with E-state index in [0.717, 1.165) is 29.2 Å². The van der Waals surface area contributed by atoms with Crippen LogP contribution in [0, 0.1) is 6.92 Å². The lowest BCUT2D eigenvalue weighted by atomic mass is 9.89. The quantitative estimate of drug-likeness (QED) is 0.718. The highest BCUT2D eigenvalue weighted by Gasteiger charge is 2.34. The van der Waals surface area contributed by atoms with Gasteiger partial charge in [0.15, 0.2) is 0 Å². The van der Waals surface area contributed by atoms with Crippen molar-refractivity contribution in [3.05, 3.63) is 53.6 Å². The lowest BCUT2D eigenvalue weighted by molar-refractivity contribution is -0.121. The van der Waals surface area contributed by atoms with Crippen LogP contribution in [0.25, 0.3) is 0 Å². The average molecular weight is 386 g/mol. The number of ether oxygens (including phenoxy) is 2. The van der Waals surface area contributed by atoms with Crippen molar-refractivity contribution in [3.8, 4) is 11.5 Å². The minimum atomic E-state index is -0.323. The fraction of sp³-hybridized carbons (Fsp3) is 0.409. The maximum atomic E-state index is 12.5. The molecule has 1 N–H and O–H groups in total. The van der Waals surface area contributed by atoms with Crippen molar-refractivity contribution < 1.29 is 14.3 Å². The number of rotatable bonds is 6. The zero-order valence-electron chi connectivity index (χ0n) is 16.4. The number of benzene rings is 2. The number of amides is 1. The van der Waals surface area contributed by atoms with E-state index < -0.39 is 0 Å². The van der Waals surface area contributed by atoms with Gasteiger partial charge in [0.1, 0.15) is 17.1 Å². The monoisotopic (exact) mass is 385 g/mol. The van der Waals surface area contributed by atoms with Crippen LogP contribution >= 0.6 is 11.8 Å². The Morgan fingerprint density at radius 2 is 2.00 bits per heavy atom. The summed E-state index contributed by atoms with van der Waals surface area (Å²) in [5.41, 5.74) is 1.90. The maximum Gasteiger partial charge on any atom is 0.221 e. The molecule has 144 valence electrons. The number of hydrogen-bond acceptors (Lipinski definition) is 4. The van der Waals surface area contributed by atoms with E-state index in [0.29, 0.717) is 6.42 Å². The molecule has 0 spiro atoms. The van der Waals surface area contributed by atoms with Crippen molar-refractivity contribution in [1.29, 1.82) is 0 Å². The minimum absolute atomic E-state index is 0.0612. The van der Waals surface area contributed by atoms with Crippen molar-refractivity contribution >= 4 is 17.7 Å². The number of fused-ring (bicyclic) bond motifs is 1. The van der Waals surface area contributed by atoms with Crippen LogP contribution in [0.15, 0.2) is 47.4 Å². The third-order valence-electron chi connectivity index (χ3n) is 4.63.